The lowest BCUT2D eigenvalue weighted by atomic mass is 9.81. The quantitative estimate of drug-likeness (QED) is 0.869. The molecule has 1 aliphatic rings. The van der Waals surface area contributed by atoms with E-state index >= 15 is 0 Å². The summed E-state index contributed by atoms with van der Waals surface area (Å²) in [6, 6.07) is 7.71. The van der Waals surface area contributed by atoms with Gasteiger partial charge in [-0.25, -0.2) is 0 Å². The molecule has 0 bridgehead atoms. The van der Waals surface area contributed by atoms with Crippen LogP contribution in [0.15, 0.2) is 24.3 Å². The van der Waals surface area contributed by atoms with E-state index in [1.54, 1.807) is 7.11 Å². The highest BCUT2D eigenvalue weighted by molar-refractivity contribution is 5.78. The van der Waals surface area contributed by atoms with Crippen molar-refractivity contribution in [1.82, 2.24) is 5.32 Å². The summed E-state index contributed by atoms with van der Waals surface area (Å²) in [5.41, 5.74) is 1.00. The molecule has 0 aliphatic heterocycles. The molecule has 3 heteroatoms. The van der Waals surface area contributed by atoms with E-state index in [-0.39, 0.29) is 5.91 Å². The van der Waals surface area contributed by atoms with Gasteiger partial charge in [-0.1, -0.05) is 38.3 Å². The molecule has 21 heavy (non-hydrogen) atoms. The van der Waals surface area contributed by atoms with Crippen molar-refractivity contribution in [2.75, 3.05) is 13.7 Å². The van der Waals surface area contributed by atoms with Gasteiger partial charge in [0, 0.05) is 6.54 Å². The fourth-order valence-corrected chi connectivity index (χ4v) is 3.13. The fourth-order valence-electron chi connectivity index (χ4n) is 3.13. The Kier molecular flexibility index (Phi) is 6.09. The number of carbonyl (C=O) groups excluding carboxylic acids is 1. The highest BCUT2D eigenvalue weighted by Crippen LogP contribution is 2.30. The van der Waals surface area contributed by atoms with Gasteiger partial charge in [-0.2, -0.15) is 0 Å². The van der Waals surface area contributed by atoms with Gasteiger partial charge in [0.05, 0.1) is 13.5 Å². The molecule has 0 saturated heterocycles. The number of hydrogen-bond acceptors (Lipinski definition) is 2. The van der Waals surface area contributed by atoms with Gasteiger partial charge >= 0.3 is 0 Å². The summed E-state index contributed by atoms with van der Waals surface area (Å²) in [6.07, 6.45) is 6.91. The van der Waals surface area contributed by atoms with Crippen LogP contribution in [0.25, 0.3) is 0 Å². The molecule has 1 fully saturated rings. The zero-order chi connectivity index (χ0) is 15.1. The SMILES string of the molecule is CCC1CCC(CNC(=O)Cc2cccc(OC)c2)CC1. The number of amides is 1. The molecule has 1 saturated carbocycles. The van der Waals surface area contributed by atoms with Gasteiger partial charge in [0.15, 0.2) is 0 Å². The van der Waals surface area contributed by atoms with Crippen LogP contribution in [0, 0.1) is 11.8 Å². The smallest absolute Gasteiger partial charge is 0.224 e. The molecule has 1 aromatic rings. The van der Waals surface area contributed by atoms with Gasteiger partial charge < -0.3 is 10.1 Å². The number of ether oxygens (including phenoxy) is 1. The van der Waals surface area contributed by atoms with E-state index in [0.717, 1.165) is 23.8 Å². The second kappa shape index (κ2) is 8.06. The van der Waals surface area contributed by atoms with Crippen LogP contribution in [0.1, 0.15) is 44.6 Å². The van der Waals surface area contributed by atoms with Crippen LogP contribution in [0.3, 0.4) is 0 Å². The molecule has 0 aromatic heterocycles. The van der Waals surface area contributed by atoms with Gasteiger partial charge in [-0.3, -0.25) is 4.79 Å². The standard InChI is InChI=1S/C18H27NO2/c1-3-14-7-9-15(10-8-14)13-19-18(20)12-16-5-4-6-17(11-16)21-2/h4-6,11,14-15H,3,7-10,12-13H2,1-2H3,(H,19,20). The lowest BCUT2D eigenvalue weighted by molar-refractivity contribution is -0.120. The van der Waals surface area contributed by atoms with E-state index in [2.05, 4.69) is 12.2 Å². The molecule has 0 radical (unpaired) electrons. The normalized spacial score (nSPS) is 21.8. The maximum absolute atomic E-state index is 12.0. The molecular formula is C18H27NO2. The van der Waals surface area contributed by atoms with E-state index in [9.17, 15) is 4.79 Å². The molecular weight excluding hydrogens is 262 g/mol. The monoisotopic (exact) mass is 289 g/mol. The minimum absolute atomic E-state index is 0.112. The number of methoxy groups -OCH3 is 1. The maximum atomic E-state index is 12.0. The number of benzene rings is 1. The van der Waals surface area contributed by atoms with E-state index in [0.29, 0.717) is 12.3 Å². The zero-order valence-corrected chi connectivity index (χ0v) is 13.2. The Morgan fingerprint density at radius 3 is 2.62 bits per heavy atom. The molecule has 0 heterocycles. The van der Waals surface area contributed by atoms with Crippen molar-refractivity contribution in [1.29, 1.82) is 0 Å². The third kappa shape index (κ3) is 5.07. The summed E-state index contributed by atoms with van der Waals surface area (Å²) in [5.74, 6) is 2.50. The van der Waals surface area contributed by atoms with Gasteiger partial charge in [0.25, 0.3) is 0 Å². The van der Waals surface area contributed by atoms with Gasteiger partial charge in [0.1, 0.15) is 5.75 Å². The lowest BCUT2D eigenvalue weighted by Gasteiger charge is -2.27. The van der Waals surface area contributed by atoms with Crippen molar-refractivity contribution < 1.29 is 9.53 Å². The lowest BCUT2D eigenvalue weighted by Crippen LogP contribution is -2.32. The first-order chi connectivity index (χ1) is 10.2. The number of rotatable bonds is 6. The summed E-state index contributed by atoms with van der Waals surface area (Å²) in [5, 5.41) is 3.09. The van der Waals surface area contributed by atoms with Crippen molar-refractivity contribution in [2.24, 2.45) is 11.8 Å². The summed E-state index contributed by atoms with van der Waals surface area (Å²) in [4.78, 5) is 12.0. The molecule has 116 valence electrons. The third-order valence-electron chi connectivity index (χ3n) is 4.63. The average Bonchev–Trinajstić information content (AvgIpc) is 2.53. The van der Waals surface area contributed by atoms with Gasteiger partial charge in [-0.15, -0.1) is 0 Å². The average molecular weight is 289 g/mol. The molecule has 1 aromatic carbocycles. The first-order valence-electron chi connectivity index (χ1n) is 8.11. The minimum atomic E-state index is 0.112. The number of carbonyl (C=O) groups is 1. The summed E-state index contributed by atoms with van der Waals surface area (Å²) < 4.78 is 5.18. The van der Waals surface area contributed by atoms with E-state index in [4.69, 9.17) is 4.74 Å². The van der Waals surface area contributed by atoms with Crippen LogP contribution in [0.5, 0.6) is 5.75 Å². The molecule has 0 unspecified atom stereocenters. The Balaban J connectivity index is 1.72. The van der Waals surface area contributed by atoms with E-state index < -0.39 is 0 Å². The molecule has 1 amide bonds. The topological polar surface area (TPSA) is 38.3 Å². The van der Waals surface area contributed by atoms with Crippen molar-refractivity contribution in [2.45, 2.75) is 45.4 Å². The van der Waals surface area contributed by atoms with Crippen LogP contribution in [-0.2, 0) is 11.2 Å². The highest BCUT2D eigenvalue weighted by Gasteiger charge is 2.20. The third-order valence-corrected chi connectivity index (χ3v) is 4.63. The van der Waals surface area contributed by atoms with Crippen molar-refractivity contribution >= 4 is 5.91 Å². The maximum Gasteiger partial charge on any atom is 0.224 e. The molecule has 3 nitrogen and oxygen atoms in total. The van der Waals surface area contributed by atoms with Crippen LogP contribution >= 0.6 is 0 Å². The Morgan fingerprint density at radius 2 is 1.95 bits per heavy atom. The summed E-state index contributed by atoms with van der Waals surface area (Å²) in [6.45, 7) is 3.11. The van der Waals surface area contributed by atoms with Gasteiger partial charge in [-0.05, 0) is 42.4 Å². The van der Waals surface area contributed by atoms with Crippen LogP contribution in [0.2, 0.25) is 0 Å². The number of hydrogen-bond donors (Lipinski definition) is 1. The molecule has 0 spiro atoms. The molecule has 1 aliphatic carbocycles. The van der Waals surface area contributed by atoms with Crippen molar-refractivity contribution in [3.05, 3.63) is 29.8 Å². The second-order valence-corrected chi connectivity index (χ2v) is 6.13. The first kappa shape index (κ1) is 15.9. The second-order valence-electron chi connectivity index (χ2n) is 6.13. The molecule has 1 N–H and O–H groups in total. The van der Waals surface area contributed by atoms with Gasteiger partial charge in [0.2, 0.25) is 5.91 Å². The van der Waals surface area contributed by atoms with E-state index in [1.165, 1.54) is 32.1 Å². The Morgan fingerprint density at radius 1 is 1.24 bits per heavy atom. The minimum Gasteiger partial charge on any atom is -0.497 e. The number of nitrogens with one attached hydrogen (secondary N) is 1. The van der Waals surface area contributed by atoms with Crippen molar-refractivity contribution in [3.63, 3.8) is 0 Å². The predicted octanol–water partition coefficient (Wildman–Crippen LogP) is 3.57. The molecule has 2 rings (SSSR count). The zero-order valence-electron chi connectivity index (χ0n) is 13.2. The summed E-state index contributed by atoms with van der Waals surface area (Å²) >= 11 is 0. The fraction of sp³-hybridized carbons (Fsp3) is 0.611. The Hall–Kier alpha value is -1.51. The Labute approximate surface area is 128 Å². The molecule has 0 atom stereocenters. The Bertz CT molecular complexity index is 450. The highest BCUT2D eigenvalue weighted by atomic mass is 16.5. The largest absolute Gasteiger partial charge is 0.497 e. The van der Waals surface area contributed by atoms with Crippen LogP contribution in [0.4, 0.5) is 0 Å². The van der Waals surface area contributed by atoms with E-state index in [1.807, 2.05) is 24.3 Å². The predicted molar refractivity (Wildman–Crippen MR) is 85.4 cm³/mol. The van der Waals surface area contributed by atoms with Crippen LogP contribution in [-0.4, -0.2) is 19.6 Å². The van der Waals surface area contributed by atoms with Crippen molar-refractivity contribution in [3.8, 4) is 5.75 Å². The van der Waals surface area contributed by atoms with Crippen LogP contribution < -0.4 is 10.1 Å². The summed E-state index contributed by atoms with van der Waals surface area (Å²) in [7, 11) is 1.64. The first-order valence-corrected chi connectivity index (χ1v) is 8.11.